The Morgan fingerprint density at radius 2 is 1.83 bits per heavy atom. The molecular formula is C15H17FN4S3. The first-order valence-electron chi connectivity index (χ1n) is 6.79. The van der Waals surface area contributed by atoms with Gasteiger partial charge in [0.2, 0.25) is 0 Å². The molecule has 0 amide bonds. The third-order valence-electron chi connectivity index (χ3n) is 3.29. The van der Waals surface area contributed by atoms with Gasteiger partial charge in [0.05, 0.1) is 5.04 Å². The van der Waals surface area contributed by atoms with E-state index in [-0.39, 0.29) is 5.82 Å². The number of halogens is 1. The van der Waals surface area contributed by atoms with Crippen molar-refractivity contribution in [3.05, 3.63) is 45.1 Å². The van der Waals surface area contributed by atoms with Crippen LogP contribution in [0.3, 0.4) is 0 Å². The smallest absolute Gasteiger partial charge is 0.182 e. The maximum absolute atomic E-state index is 12.9. The van der Waals surface area contributed by atoms with Gasteiger partial charge in [0.15, 0.2) is 10.6 Å². The molecule has 0 aliphatic rings. The molecule has 23 heavy (non-hydrogen) atoms. The molecule has 4 nitrogen and oxygen atoms in total. The predicted molar refractivity (Wildman–Crippen MR) is 101 cm³/mol. The van der Waals surface area contributed by atoms with Crippen molar-refractivity contribution in [2.45, 2.75) is 12.7 Å². The van der Waals surface area contributed by atoms with Gasteiger partial charge in [0, 0.05) is 19.8 Å². The van der Waals surface area contributed by atoms with Crippen molar-refractivity contribution in [3.8, 4) is 0 Å². The molecule has 0 radical (unpaired) electrons. The molecule has 2 rings (SSSR count). The quantitative estimate of drug-likeness (QED) is 0.491. The number of nitrogen functional groups attached to an aromatic ring is 1. The van der Waals surface area contributed by atoms with Crippen LogP contribution in [0.2, 0.25) is 0 Å². The lowest BCUT2D eigenvalue weighted by molar-refractivity contribution is 0.627. The van der Waals surface area contributed by atoms with Crippen LogP contribution in [0.4, 0.5) is 15.9 Å². The Balaban J connectivity index is 2.26. The van der Waals surface area contributed by atoms with Crippen LogP contribution in [0, 0.1) is 15.2 Å². The molecule has 0 atom stereocenters. The Hall–Kier alpha value is -1.51. The van der Waals surface area contributed by atoms with Gasteiger partial charge in [-0.1, -0.05) is 24.4 Å². The van der Waals surface area contributed by atoms with E-state index in [1.807, 2.05) is 14.0 Å². The summed E-state index contributed by atoms with van der Waals surface area (Å²) in [6.07, 6.45) is 0. The zero-order chi connectivity index (χ0) is 17.1. The van der Waals surface area contributed by atoms with Crippen LogP contribution in [-0.2, 0) is 19.8 Å². The third kappa shape index (κ3) is 4.07. The summed E-state index contributed by atoms with van der Waals surface area (Å²) in [6, 6.07) is 6.42. The number of thioether (sulfide) groups is 1. The SMILES string of the molecule is CC(=Nc1c(N)c(=S)n(C)c(=S)n1C)SCc1ccc(F)cc1. The Labute approximate surface area is 148 Å². The average Bonchev–Trinajstić information content (AvgIpc) is 2.54. The summed E-state index contributed by atoms with van der Waals surface area (Å²) in [7, 11) is 3.59. The number of hydrogen-bond acceptors (Lipinski definition) is 5. The van der Waals surface area contributed by atoms with Crippen molar-refractivity contribution in [2.75, 3.05) is 5.73 Å². The van der Waals surface area contributed by atoms with Gasteiger partial charge in [-0.25, -0.2) is 9.38 Å². The molecule has 0 bridgehead atoms. The van der Waals surface area contributed by atoms with E-state index >= 15 is 0 Å². The second-order valence-electron chi connectivity index (χ2n) is 4.99. The lowest BCUT2D eigenvalue weighted by Gasteiger charge is -2.12. The number of rotatable bonds is 3. The minimum Gasteiger partial charge on any atom is -0.393 e. The monoisotopic (exact) mass is 368 g/mol. The van der Waals surface area contributed by atoms with Crippen LogP contribution >= 0.6 is 36.2 Å². The van der Waals surface area contributed by atoms with E-state index in [1.165, 1.54) is 12.1 Å². The molecule has 0 saturated carbocycles. The molecule has 1 heterocycles. The van der Waals surface area contributed by atoms with Gasteiger partial charge in [-0.3, -0.25) is 0 Å². The number of benzene rings is 1. The summed E-state index contributed by atoms with van der Waals surface area (Å²) < 4.78 is 17.4. The minimum absolute atomic E-state index is 0.239. The van der Waals surface area contributed by atoms with Crippen molar-refractivity contribution in [2.24, 2.45) is 19.1 Å². The number of nitrogens with two attached hydrogens (primary N) is 1. The summed E-state index contributed by atoms with van der Waals surface area (Å²) in [5.41, 5.74) is 7.53. The number of hydrogen-bond donors (Lipinski definition) is 1. The zero-order valence-corrected chi connectivity index (χ0v) is 15.5. The highest BCUT2D eigenvalue weighted by Gasteiger charge is 2.08. The lowest BCUT2D eigenvalue weighted by atomic mass is 10.2. The number of aromatic nitrogens is 2. The molecule has 0 aliphatic heterocycles. The first kappa shape index (κ1) is 17.8. The average molecular weight is 369 g/mol. The maximum Gasteiger partial charge on any atom is 0.182 e. The van der Waals surface area contributed by atoms with Crippen LogP contribution in [0.25, 0.3) is 0 Å². The van der Waals surface area contributed by atoms with Crippen LogP contribution in [-0.4, -0.2) is 14.2 Å². The van der Waals surface area contributed by atoms with Crippen molar-refractivity contribution in [3.63, 3.8) is 0 Å². The molecule has 8 heteroatoms. The summed E-state index contributed by atoms with van der Waals surface area (Å²) >= 11 is 12.2. The van der Waals surface area contributed by atoms with E-state index in [1.54, 1.807) is 40.1 Å². The third-order valence-corrected chi connectivity index (χ3v) is 5.32. The second-order valence-corrected chi connectivity index (χ2v) is 6.91. The van der Waals surface area contributed by atoms with E-state index in [0.29, 0.717) is 26.7 Å². The fraction of sp³-hybridized carbons (Fsp3) is 0.267. The van der Waals surface area contributed by atoms with Gasteiger partial charge < -0.3 is 14.9 Å². The van der Waals surface area contributed by atoms with Crippen molar-refractivity contribution in [1.29, 1.82) is 0 Å². The minimum atomic E-state index is -0.239. The van der Waals surface area contributed by atoms with Crippen molar-refractivity contribution >= 4 is 52.7 Å². The molecule has 122 valence electrons. The topological polar surface area (TPSA) is 48.2 Å². The van der Waals surface area contributed by atoms with Crippen molar-refractivity contribution < 1.29 is 4.39 Å². The normalized spacial score (nSPS) is 11.7. The summed E-state index contributed by atoms with van der Waals surface area (Å²) in [4.78, 5) is 4.55. The van der Waals surface area contributed by atoms with Crippen LogP contribution in [0.15, 0.2) is 29.3 Å². The van der Waals surface area contributed by atoms with Gasteiger partial charge in [-0.05, 0) is 36.8 Å². The molecule has 0 aliphatic carbocycles. The second kappa shape index (κ2) is 7.37. The van der Waals surface area contributed by atoms with Gasteiger partial charge in [-0.15, -0.1) is 11.8 Å². The molecule has 0 spiro atoms. The van der Waals surface area contributed by atoms with Crippen LogP contribution in [0.1, 0.15) is 12.5 Å². The van der Waals surface area contributed by atoms with Gasteiger partial charge >= 0.3 is 0 Å². The molecule has 0 saturated heterocycles. The van der Waals surface area contributed by atoms with E-state index in [0.717, 1.165) is 10.6 Å². The van der Waals surface area contributed by atoms with Crippen molar-refractivity contribution in [1.82, 2.24) is 9.13 Å². The highest BCUT2D eigenvalue weighted by Crippen LogP contribution is 2.25. The molecular weight excluding hydrogens is 351 g/mol. The molecule has 2 N–H and O–H groups in total. The first-order valence-corrected chi connectivity index (χ1v) is 8.59. The Bertz CT molecular complexity index is 829. The number of aliphatic imine (C=N–C) groups is 1. The summed E-state index contributed by atoms with van der Waals surface area (Å²) in [5.74, 6) is 1.01. The molecule has 1 aromatic carbocycles. The standard InChI is InChI=1S/C15H17FN4S3/c1-9(23-8-10-4-6-11(16)7-5-10)18-13-12(17)14(21)20(3)15(22)19(13)2/h4-7H,8,17H2,1-3H3. The fourth-order valence-electron chi connectivity index (χ4n) is 1.94. The summed E-state index contributed by atoms with van der Waals surface area (Å²) in [6.45, 7) is 1.90. The number of nitrogens with zero attached hydrogens (tertiary/aromatic N) is 3. The van der Waals surface area contributed by atoms with E-state index in [2.05, 4.69) is 4.99 Å². The van der Waals surface area contributed by atoms with Crippen LogP contribution < -0.4 is 5.73 Å². The fourth-order valence-corrected chi connectivity index (χ4v) is 3.08. The zero-order valence-electron chi connectivity index (χ0n) is 13.0. The van der Waals surface area contributed by atoms with E-state index < -0.39 is 0 Å². The number of anilines is 1. The first-order chi connectivity index (χ1) is 10.8. The van der Waals surface area contributed by atoms with E-state index in [4.69, 9.17) is 30.2 Å². The van der Waals surface area contributed by atoms with E-state index in [9.17, 15) is 4.39 Å². The Morgan fingerprint density at radius 3 is 2.43 bits per heavy atom. The van der Waals surface area contributed by atoms with Gasteiger partial charge in [0.1, 0.15) is 16.1 Å². The highest BCUT2D eigenvalue weighted by molar-refractivity contribution is 8.13. The molecule has 2 aromatic rings. The lowest BCUT2D eigenvalue weighted by Crippen LogP contribution is -2.09. The Kier molecular flexibility index (Phi) is 5.72. The van der Waals surface area contributed by atoms with Crippen LogP contribution in [0.5, 0.6) is 0 Å². The van der Waals surface area contributed by atoms with Gasteiger partial charge in [-0.2, -0.15) is 0 Å². The maximum atomic E-state index is 12.9. The largest absolute Gasteiger partial charge is 0.393 e. The molecule has 1 aromatic heterocycles. The highest BCUT2D eigenvalue weighted by atomic mass is 32.2. The summed E-state index contributed by atoms with van der Waals surface area (Å²) in [5, 5.41) is 0.828. The predicted octanol–water partition coefficient (Wildman–Crippen LogP) is 4.53. The van der Waals surface area contributed by atoms with Gasteiger partial charge in [0.25, 0.3) is 0 Å². The Morgan fingerprint density at radius 1 is 1.22 bits per heavy atom. The molecule has 0 fully saturated rings. The molecule has 0 unspecified atom stereocenters.